The summed E-state index contributed by atoms with van der Waals surface area (Å²) in [5.41, 5.74) is 0.957. The first-order valence-electron chi connectivity index (χ1n) is 8.63. The third-order valence-corrected chi connectivity index (χ3v) is 6.07. The number of hydrogen-bond acceptors (Lipinski definition) is 6. The van der Waals surface area contributed by atoms with Crippen molar-refractivity contribution in [1.29, 1.82) is 0 Å². The van der Waals surface area contributed by atoms with Crippen LogP contribution in [0.15, 0.2) is 62.4 Å². The van der Waals surface area contributed by atoms with Gasteiger partial charge in [-0.05, 0) is 42.0 Å². The van der Waals surface area contributed by atoms with Crippen LogP contribution in [-0.4, -0.2) is 24.5 Å². The van der Waals surface area contributed by atoms with E-state index in [4.69, 9.17) is 4.52 Å². The number of halogens is 2. The Kier molecular flexibility index (Phi) is 6.75. The molecule has 0 aliphatic heterocycles. The van der Waals surface area contributed by atoms with Gasteiger partial charge in [0.2, 0.25) is 11.8 Å². The lowest BCUT2D eigenvalue weighted by molar-refractivity contribution is -0.121. The van der Waals surface area contributed by atoms with Gasteiger partial charge < -0.3 is 9.84 Å². The summed E-state index contributed by atoms with van der Waals surface area (Å²) in [6, 6.07) is 12.1. The van der Waals surface area contributed by atoms with Crippen molar-refractivity contribution < 1.29 is 22.1 Å². The van der Waals surface area contributed by atoms with Crippen LogP contribution in [0.3, 0.4) is 0 Å². The normalized spacial score (nSPS) is 11.4. The van der Waals surface area contributed by atoms with Gasteiger partial charge in [0.1, 0.15) is 11.6 Å². The smallest absolute Gasteiger partial charge is 0.227 e. The minimum Gasteiger partial charge on any atom is -0.352 e. The lowest BCUT2D eigenvalue weighted by atomic mass is 10.2. The van der Waals surface area contributed by atoms with Crippen LogP contribution in [0.4, 0.5) is 4.39 Å². The number of nitrogens with one attached hydrogen (secondary N) is 1. The first kappa shape index (κ1) is 21.1. The second kappa shape index (κ2) is 9.27. The zero-order valence-corrected chi connectivity index (χ0v) is 17.5. The number of rotatable bonds is 8. The van der Waals surface area contributed by atoms with Gasteiger partial charge in [0.15, 0.2) is 15.7 Å². The third-order valence-electron chi connectivity index (χ3n) is 3.95. The quantitative estimate of drug-likeness (QED) is 0.495. The zero-order chi connectivity index (χ0) is 20.9. The number of hydrogen-bond donors (Lipinski definition) is 1. The summed E-state index contributed by atoms with van der Waals surface area (Å²) >= 11 is 3.37. The standard InChI is InChI=1S/C19H17BrFN3O4S/c20-14-3-1-2-13(10-14)11-22-18(25)8-9-19-23-17(24-28-19)12-29(26,27)16-6-4-15(21)5-7-16/h1-7,10H,8-9,11-12H2,(H,22,25). The minimum absolute atomic E-state index is 0.0149. The van der Waals surface area contributed by atoms with Gasteiger partial charge in [-0.15, -0.1) is 0 Å². The predicted octanol–water partition coefficient (Wildman–Crippen LogP) is 3.19. The van der Waals surface area contributed by atoms with Gasteiger partial charge in [0.05, 0.1) is 4.90 Å². The van der Waals surface area contributed by atoms with E-state index in [2.05, 4.69) is 31.4 Å². The fourth-order valence-electron chi connectivity index (χ4n) is 2.50. The third kappa shape index (κ3) is 6.20. The first-order chi connectivity index (χ1) is 13.8. The molecule has 3 aromatic rings. The van der Waals surface area contributed by atoms with Crippen molar-refractivity contribution >= 4 is 31.7 Å². The monoisotopic (exact) mass is 481 g/mol. The van der Waals surface area contributed by atoms with E-state index in [1.54, 1.807) is 0 Å². The van der Waals surface area contributed by atoms with Crippen molar-refractivity contribution in [2.75, 3.05) is 0 Å². The second-order valence-corrected chi connectivity index (χ2v) is 9.13. The molecule has 2 aromatic carbocycles. The molecule has 0 atom stereocenters. The average molecular weight is 482 g/mol. The fraction of sp³-hybridized carbons (Fsp3) is 0.211. The van der Waals surface area contributed by atoms with Gasteiger partial charge in [-0.1, -0.05) is 33.2 Å². The molecule has 0 bridgehead atoms. The number of nitrogens with zero attached hydrogens (tertiary/aromatic N) is 2. The molecule has 0 saturated carbocycles. The molecule has 0 saturated heterocycles. The summed E-state index contributed by atoms with van der Waals surface area (Å²) in [5, 5.41) is 6.44. The molecule has 10 heteroatoms. The van der Waals surface area contributed by atoms with E-state index in [0.29, 0.717) is 6.54 Å². The largest absolute Gasteiger partial charge is 0.352 e. The molecule has 0 radical (unpaired) electrons. The summed E-state index contributed by atoms with van der Waals surface area (Å²) in [6.45, 7) is 0.392. The maximum Gasteiger partial charge on any atom is 0.227 e. The van der Waals surface area contributed by atoms with Crippen LogP contribution in [0.1, 0.15) is 23.7 Å². The maximum atomic E-state index is 13.0. The Morgan fingerprint density at radius 3 is 2.66 bits per heavy atom. The molecule has 0 aliphatic carbocycles. The average Bonchev–Trinajstić information content (AvgIpc) is 3.12. The van der Waals surface area contributed by atoms with Crippen molar-refractivity contribution in [2.45, 2.75) is 30.0 Å². The Morgan fingerprint density at radius 2 is 1.93 bits per heavy atom. The molecule has 7 nitrogen and oxygen atoms in total. The Bertz CT molecular complexity index is 1100. The van der Waals surface area contributed by atoms with E-state index < -0.39 is 21.4 Å². The Morgan fingerprint density at radius 1 is 1.17 bits per heavy atom. The number of sulfone groups is 1. The summed E-state index contributed by atoms with van der Waals surface area (Å²) in [7, 11) is -3.73. The number of aromatic nitrogens is 2. The minimum atomic E-state index is -3.73. The van der Waals surface area contributed by atoms with Crippen LogP contribution in [0.5, 0.6) is 0 Å². The highest BCUT2D eigenvalue weighted by Gasteiger charge is 2.19. The van der Waals surface area contributed by atoms with Gasteiger partial charge in [-0.2, -0.15) is 4.98 Å². The molecule has 3 rings (SSSR count). The van der Waals surface area contributed by atoms with Crippen LogP contribution < -0.4 is 5.32 Å². The van der Waals surface area contributed by atoms with E-state index in [9.17, 15) is 17.6 Å². The van der Waals surface area contributed by atoms with E-state index in [-0.39, 0.29) is 35.4 Å². The van der Waals surface area contributed by atoms with Crippen LogP contribution in [0, 0.1) is 5.82 Å². The molecule has 29 heavy (non-hydrogen) atoms. The van der Waals surface area contributed by atoms with E-state index >= 15 is 0 Å². The van der Waals surface area contributed by atoms with Crippen LogP contribution in [0.25, 0.3) is 0 Å². The second-order valence-electron chi connectivity index (χ2n) is 6.22. The van der Waals surface area contributed by atoms with Crippen molar-refractivity contribution in [3.05, 3.63) is 76.1 Å². The molecule has 1 heterocycles. The SMILES string of the molecule is O=C(CCc1nc(CS(=O)(=O)c2ccc(F)cc2)no1)NCc1cccc(Br)c1. The van der Waals surface area contributed by atoms with Crippen molar-refractivity contribution in [1.82, 2.24) is 15.5 Å². The lowest BCUT2D eigenvalue weighted by Crippen LogP contribution is -2.23. The molecule has 0 fully saturated rings. The summed E-state index contributed by atoms with van der Waals surface area (Å²) in [4.78, 5) is 16.0. The topological polar surface area (TPSA) is 102 Å². The van der Waals surface area contributed by atoms with Gasteiger partial charge in [-0.25, -0.2) is 12.8 Å². The van der Waals surface area contributed by atoms with Gasteiger partial charge in [0, 0.05) is 23.9 Å². The van der Waals surface area contributed by atoms with E-state index in [1.807, 2.05) is 24.3 Å². The highest BCUT2D eigenvalue weighted by Crippen LogP contribution is 2.16. The molecule has 0 aliphatic rings. The van der Waals surface area contributed by atoms with Gasteiger partial charge in [0.25, 0.3) is 0 Å². The van der Waals surface area contributed by atoms with Crippen LogP contribution in [-0.2, 0) is 33.4 Å². The van der Waals surface area contributed by atoms with Crippen LogP contribution >= 0.6 is 15.9 Å². The molecule has 0 unspecified atom stereocenters. The number of amides is 1. The Balaban J connectivity index is 1.51. The molecule has 1 aromatic heterocycles. The number of carbonyl (C=O) groups excluding carboxylic acids is 1. The number of aryl methyl sites for hydroxylation is 1. The molecule has 152 valence electrons. The molecular formula is C19H17BrFN3O4S. The molecular weight excluding hydrogens is 465 g/mol. The first-order valence-corrected chi connectivity index (χ1v) is 11.1. The van der Waals surface area contributed by atoms with Crippen LogP contribution in [0.2, 0.25) is 0 Å². The summed E-state index contributed by atoms with van der Waals surface area (Å²) in [6.07, 6.45) is 0.314. The predicted molar refractivity (Wildman–Crippen MR) is 106 cm³/mol. The molecule has 0 spiro atoms. The number of carbonyl (C=O) groups is 1. The van der Waals surface area contributed by atoms with Gasteiger partial charge in [-0.3, -0.25) is 4.79 Å². The Hall–Kier alpha value is -2.59. The maximum absolute atomic E-state index is 13.0. The van der Waals surface area contributed by atoms with Crippen molar-refractivity contribution in [3.8, 4) is 0 Å². The highest BCUT2D eigenvalue weighted by atomic mass is 79.9. The van der Waals surface area contributed by atoms with E-state index in [1.165, 1.54) is 12.1 Å². The summed E-state index contributed by atoms with van der Waals surface area (Å²) < 4.78 is 43.5. The zero-order valence-electron chi connectivity index (χ0n) is 15.1. The molecule has 1 N–H and O–H groups in total. The Labute approximate surface area is 175 Å². The van der Waals surface area contributed by atoms with E-state index in [0.717, 1.165) is 22.2 Å². The lowest BCUT2D eigenvalue weighted by Gasteiger charge is -2.04. The number of benzene rings is 2. The molecule has 1 amide bonds. The fourth-order valence-corrected chi connectivity index (χ4v) is 4.12. The van der Waals surface area contributed by atoms with Gasteiger partial charge >= 0.3 is 0 Å². The van der Waals surface area contributed by atoms with Crippen molar-refractivity contribution in [3.63, 3.8) is 0 Å². The highest BCUT2D eigenvalue weighted by molar-refractivity contribution is 9.10. The summed E-state index contributed by atoms with van der Waals surface area (Å²) in [5.74, 6) is -1.03. The van der Waals surface area contributed by atoms with Crippen molar-refractivity contribution in [2.24, 2.45) is 0 Å².